The SMILES string of the molecule is Cc1ccccc1-c1nc(NC(=O)Nc2cccc(C(=O)OCc3ccccc3)c2)c(CCC23CC4CC(CC(C4)C2)C3)[nH]1. The fourth-order valence-electron chi connectivity index (χ4n) is 8.45. The predicted molar refractivity (Wildman–Crippen MR) is 172 cm³/mol. The van der Waals surface area contributed by atoms with E-state index in [4.69, 9.17) is 9.72 Å². The second-order valence-electron chi connectivity index (χ2n) is 13.4. The number of H-pyrrole nitrogens is 1. The van der Waals surface area contributed by atoms with Crippen molar-refractivity contribution in [2.45, 2.75) is 64.9 Å². The van der Waals surface area contributed by atoms with Gasteiger partial charge in [0.25, 0.3) is 0 Å². The van der Waals surface area contributed by atoms with Crippen molar-refractivity contribution >= 4 is 23.5 Å². The van der Waals surface area contributed by atoms with Crippen molar-refractivity contribution < 1.29 is 14.3 Å². The standard InChI is InChI=1S/C37H40N4O3/c1-24-8-5-6-13-31(24)33-39-32(14-15-37-20-26-16-27(21-37)18-28(17-26)22-37)34(40-33)41-36(43)38-30-12-7-11-29(19-30)35(42)44-23-25-9-3-2-4-10-25/h2-13,19,26-28H,14-18,20-23H2,1H3,(H,39,40)(H2,38,41,43). The van der Waals surface area contributed by atoms with Crippen LogP contribution in [0.15, 0.2) is 78.9 Å². The number of nitrogens with zero attached hydrogens (tertiary/aromatic N) is 1. The minimum atomic E-state index is -0.444. The van der Waals surface area contributed by atoms with E-state index in [0.29, 0.717) is 22.5 Å². The third-order valence-corrected chi connectivity index (χ3v) is 10.1. The molecule has 1 heterocycles. The Labute approximate surface area is 258 Å². The number of rotatable bonds is 9. The van der Waals surface area contributed by atoms with E-state index in [1.165, 1.54) is 38.5 Å². The molecule has 0 spiro atoms. The lowest BCUT2D eigenvalue weighted by Gasteiger charge is -2.57. The highest BCUT2D eigenvalue weighted by molar-refractivity contribution is 6.00. The summed E-state index contributed by atoms with van der Waals surface area (Å²) in [6.07, 6.45) is 10.3. The molecule has 4 aromatic rings. The molecule has 7 nitrogen and oxygen atoms in total. The number of ether oxygens (including phenoxy) is 1. The first-order valence-corrected chi connectivity index (χ1v) is 16.0. The van der Waals surface area contributed by atoms with Crippen molar-refractivity contribution in [1.82, 2.24) is 9.97 Å². The lowest BCUT2D eigenvalue weighted by atomic mass is 9.48. The van der Waals surface area contributed by atoms with Gasteiger partial charge in [0.15, 0.2) is 5.82 Å². The number of aromatic amines is 1. The van der Waals surface area contributed by atoms with E-state index >= 15 is 0 Å². The molecule has 3 aromatic carbocycles. The van der Waals surface area contributed by atoms with Crippen LogP contribution in [0.1, 0.15) is 72.1 Å². The topological polar surface area (TPSA) is 96.1 Å². The lowest BCUT2D eigenvalue weighted by Crippen LogP contribution is -2.46. The van der Waals surface area contributed by atoms with Crippen molar-refractivity contribution in [1.29, 1.82) is 0 Å². The molecule has 0 unspecified atom stereocenters. The predicted octanol–water partition coefficient (Wildman–Crippen LogP) is 8.54. The van der Waals surface area contributed by atoms with Crippen LogP contribution >= 0.6 is 0 Å². The van der Waals surface area contributed by atoms with Crippen LogP contribution in [0.25, 0.3) is 11.4 Å². The molecular formula is C37H40N4O3. The van der Waals surface area contributed by atoms with Crippen molar-refractivity contribution in [3.63, 3.8) is 0 Å². The molecule has 1 aromatic heterocycles. The number of imidazole rings is 1. The van der Waals surface area contributed by atoms with E-state index in [0.717, 1.165) is 58.8 Å². The number of aromatic nitrogens is 2. The fourth-order valence-corrected chi connectivity index (χ4v) is 8.45. The van der Waals surface area contributed by atoms with Gasteiger partial charge in [-0.1, -0.05) is 60.7 Å². The summed E-state index contributed by atoms with van der Waals surface area (Å²) in [5.41, 5.74) is 5.33. The van der Waals surface area contributed by atoms with E-state index in [-0.39, 0.29) is 6.61 Å². The van der Waals surface area contributed by atoms with Crippen LogP contribution in [0.4, 0.5) is 16.3 Å². The number of nitrogens with one attached hydrogen (secondary N) is 3. The summed E-state index contributed by atoms with van der Waals surface area (Å²) in [7, 11) is 0. The van der Waals surface area contributed by atoms with Gasteiger partial charge in [-0.25, -0.2) is 14.6 Å². The summed E-state index contributed by atoms with van der Waals surface area (Å²) in [6.45, 7) is 2.26. The number of carbonyl (C=O) groups is 2. The highest BCUT2D eigenvalue weighted by Gasteiger charge is 2.50. The van der Waals surface area contributed by atoms with Crippen LogP contribution in [0.3, 0.4) is 0 Å². The molecule has 0 saturated heterocycles. The Kier molecular flexibility index (Phi) is 7.71. The van der Waals surface area contributed by atoms with Crippen LogP contribution in [0, 0.1) is 30.1 Å². The first kappa shape index (κ1) is 28.4. The van der Waals surface area contributed by atoms with Gasteiger partial charge in [-0.2, -0.15) is 0 Å². The van der Waals surface area contributed by atoms with Crippen molar-refractivity contribution in [3.8, 4) is 11.4 Å². The minimum Gasteiger partial charge on any atom is -0.457 e. The maximum absolute atomic E-state index is 13.3. The Morgan fingerprint density at radius 1 is 0.886 bits per heavy atom. The van der Waals surface area contributed by atoms with E-state index in [1.807, 2.05) is 42.5 Å². The van der Waals surface area contributed by atoms with Gasteiger partial charge < -0.3 is 15.0 Å². The smallest absolute Gasteiger partial charge is 0.338 e. The Morgan fingerprint density at radius 3 is 2.32 bits per heavy atom. The van der Waals surface area contributed by atoms with Gasteiger partial charge in [-0.15, -0.1) is 0 Å². The van der Waals surface area contributed by atoms with Gasteiger partial charge in [0.1, 0.15) is 12.4 Å². The molecule has 2 amide bonds. The Balaban J connectivity index is 1.05. The molecule has 3 N–H and O–H groups in total. The number of benzene rings is 3. The maximum Gasteiger partial charge on any atom is 0.338 e. The Hall–Kier alpha value is -4.39. The summed E-state index contributed by atoms with van der Waals surface area (Å²) in [4.78, 5) is 34.4. The normalized spacial score (nSPS) is 23.3. The van der Waals surface area contributed by atoms with Crippen LogP contribution in [-0.4, -0.2) is 22.0 Å². The lowest BCUT2D eigenvalue weighted by molar-refractivity contribution is -0.0570. The van der Waals surface area contributed by atoms with E-state index < -0.39 is 12.0 Å². The average Bonchev–Trinajstić information content (AvgIpc) is 3.41. The number of urea groups is 1. The summed E-state index contributed by atoms with van der Waals surface area (Å²) in [6, 6.07) is 24.1. The molecule has 4 saturated carbocycles. The van der Waals surface area contributed by atoms with E-state index in [1.54, 1.807) is 24.3 Å². The third-order valence-electron chi connectivity index (χ3n) is 10.1. The first-order valence-electron chi connectivity index (χ1n) is 16.0. The van der Waals surface area contributed by atoms with Gasteiger partial charge in [-0.3, -0.25) is 5.32 Å². The second kappa shape index (κ2) is 11.9. The number of amides is 2. The molecule has 0 aliphatic heterocycles. The summed E-state index contributed by atoms with van der Waals surface area (Å²) in [5.74, 6) is 3.59. The summed E-state index contributed by atoms with van der Waals surface area (Å²) >= 11 is 0. The van der Waals surface area contributed by atoms with Crippen LogP contribution in [-0.2, 0) is 17.8 Å². The zero-order valence-electron chi connectivity index (χ0n) is 25.3. The average molecular weight is 589 g/mol. The van der Waals surface area contributed by atoms with Crippen molar-refractivity contribution in [2.24, 2.45) is 23.2 Å². The molecule has 7 heteroatoms. The molecule has 0 radical (unpaired) electrons. The van der Waals surface area contributed by atoms with Gasteiger partial charge in [0.2, 0.25) is 0 Å². The number of hydrogen-bond donors (Lipinski definition) is 3. The molecule has 44 heavy (non-hydrogen) atoms. The van der Waals surface area contributed by atoms with Crippen molar-refractivity contribution in [3.05, 3.63) is 101 Å². The maximum atomic E-state index is 13.3. The number of hydrogen-bond acceptors (Lipinski definition) is 4. The largest absolute Gasteiger partial charge is 0.457 e. The molecule has 0 atom stereocenters. The molecule has 4 aliphatic carbocycles. The van der Waals surface area contributed by atoms with Crippen LogP contribution in [0.5, 0.6) is 0 Å². The number of aryl methyl sites for hydroxylation is 2. The number of anilines is 2. The highest BCUT2D eigenvalue weighted by atomic mass is 16.5. The third kappa shape index (κ3) is 6.14. The van der Waals surface area contributed by atoms with Gasteiger partial charge in [0, 0.05) is 11.3 Å². The molecule has 4 aliphatic rings. The van der Waals surface area contributed by atoms with E-state index in [2.05, 4.69) is 34.7 Å². The molecule has 4 fully saturated rings. The summed E-state index contributed by atoms with van der Waals surface area (Å²) in [5, 5.41) is 5.90. The molecule has 4 bridgehead atoms. The molecular weight excluding hydrogens is 548 g/mol. The van der Waals surface area contributed by atoms with E-state index in [9.17, 15) is 9.59 Å². The monoisotopic (exact) mass is 588 g/mol. The highest BCUT2D eigenvalue weighted by Crippen LogP contribution is 2.61. The molecule has 226 valence electrons. The Bertz CT molecular complexity index is 1620. The van der Waals surface area contributed by atoms with Crippen LogP contribution in [0.2, 0.25) is 0 Å². The van der Waals surface area contributed by atoms with Gasteiger partial charge in [0.05, 0.1) is 11.3 Å². The first-order chi connectivity index (χ1) is 21.4. The van der Waals surface area contributed by atoms with Gasteiger partial charge >= 0.3 is 12.0 Å². The minimum absolute atomic E-state index is 0.187. The summed E-state index contributed by atoms with van der Waals surface area (Å²) < 4.78 is 5.47. The molecule has 8 rings (SSSR count). The zero-order valence-corrected chi connectivity index (χ0v) is 25.3. The van der Waals surface area contributed by atoms with Crippen molar-refractivity contribution in [2.75, 3.05) is 10.6 Å². The van der Waals surface area contributed by atoms with Crippen LogP contribution < -0.4 is 10.6 Å². The van der Waals surface area contributed by atoms with Gasteiger partial charge in [-0.05, 0) is 111 Å². The quantitative estimate of drug-likeness (QED) is 0.171. The number of esters is 1. The Morgan fingerprint density at radius 2 is 1.59 bits per heavy atom. The zero-order chi connectivity index (χ0) is 30.1. The number of carbonyl (C=O) groups excluding carboxylic acids is 2. The second-order valence-corrected chi connectivity index (χ2v) is 13.4. The fraction of sp³-hybridized carbons (Fsp3) is 0.378.